The zero-order valence-electron chi connectivity index (χ0n) is 14.1. The molecule has 2 saturated heterocycles. The van der Waals surface area contributed by atoms with Crippen molar-refractivity contribution < 1.29 is 4.74 Å². The largest absolute Gasteiger partial charge is 0.379 e. The second kappa shape index (κ2) is 9.78. The number of ether oxygens (including phenoxy) is 1. The smallest absolute Gasteiger partial charge is 0.0594 e. The molecule has 4 heteroatoms. The third-order valence-corrected chi connectivity index (χ3v) is 4.69. The summed E-state index contributed by atoms with van der Waals surface area (Å²) in [6, 6.07) is 0.793. The van der Waals surface area contributed by atoms with Crippen LogP contribution in [0.25, 0.3) is 0 Å². The Labute approximate surface area is 131 Å². The first-order valence-corrected chi connectivity index (χ1v) is 9.00. The van der Waals surface area contributed by atoms with Gasteiger partial charge in [-0.2, -0.15) is 0 Å². The second-order valence-corrected chi connectivity index (χ2v) is 7.05. The van der Waals surface area contributed by atoms with Crippen molar-refractivity contribution in [2.75, 3.05) is 59.0 Å². The Bertz CT molecular complexity index is 267. The molecule has 1 N–H and O–H groups in total. The van der Waals surface area contributed by atoms with Crippen molar-refractivity contribution in [1.82, 2.24) is 15.1 Å². The van der Waals surface area contributed by atoms with E-state index in [0.717, 1.165) is 44.8 Å². The summed E-state index contributed by atoms with van der Waals surface area (Å²) in [4.78, 5) is 5.31. The van der Waals surface area contributed by atoms with Gasteiger partial charge >= 0.3 is 0 Å². The average molecular weight is 297 g/mol. The van der Waals surface area contributed by atoms with Crippen LogP contribution >= 0.6 is 0 Å². The topological polar surface area (TPSA) is 27.7 Å². The zero-order valence-corrected chi connectivity index (χ0v) is 14.1. The molecule has 1 unspecified atom stereocenters. The predicted octanol–water partition coefficient (Wildman–Crippen LogP) is 1.81. The molecule has 0 aliphatic carbocycles. The normalized spacial score (nSPS) is 25.0. The molecule has 0 radical (unpaired) electrons. The number of unbranched alkanes of at least 4 members (excludes halogenated alkanes) is 2. The summed E-state index contributed by atoms with van der Waals surface area (Å²) in [5.74, 6) is 0.770. The first-order valence-electron chi connectivity index (χ1n) is 9.00. The van der Waals surface area contributed by atoms with Crippen LogP contribution < -0.4 is 5.32 Å². The first kappa shape index (κ1) is 17.2. The third-order valence-electron chi connectivity index (χ3n) is 4.69. The fourth-order valence-corrected chi connectivity index (χ4v) is 3.41. The Morgan fingerprint density at radius 3 is 2.67 bits per heavy atom. The number of hydrogen-bond acceptors (Lipinski definition) is 4. The average Bonchev–Trinajstić information content (AvgIpc) is 2.96. The van der Waals surface area contributed by atoms with Crippen LogP contribution in [0.1, 0.15) is 39.5 Å². The van der Waals surface area contributed by atoms with Crippen molar-refractivity contribution in [2.45, 2.75) is 45.6 Å². The summed E-state index contributed by atoms with van der Waals surface area (Å²) < 4.78 is 5.45. The number of hydrogen-bond donors (Lipinski definition) is 1. The van der Waals surface area contributed by atoms with Gasteiger partial charge in [0.15, 0.2) is 0 Å². The van der Waals surface area contributed by atoms with E-state index in [4.69, 9.17) is 4.74 Å². The van der Waals surface area contributed by atoms with E-state index in [0.29, 0.717) is 0 Å². The highest BCUT2D eigenvalue weighted by molar-refractivity contribution is 4.84. The van der Waals surface area contributed by atoms with Gasteiger partial charge in [-0.1, -0.05) is 20.3 Å². The quantitative estimate of drug-likeness (QED) is 0.657. The fraction of sp³-hybridized carbons (Fsp3) is 1.00. The minimum absolute atomic E-state index is 0.770. The van der Waals surface area contributed by atoms with Crippen LogP contribution in [0, 0.1) is 5.92 Å². The molecule has 124 valence electrons. The Kier molecular flexibility index (Phi) is 8.01. The highest BCUT2D eigenvalue weighted by Crippen LogP contribution is 2.17. The second-order valence-electron chi connectivity index (χ2n) is 7.05. The molecule has 0 amide bonds. The van der Waals surface area contributed by atoms with Crippen LogP contribution in [0.5, 0.6) is 0 Å². The molecule has 0 aromatic rings. The van der Waals surface area contributed by atoms with Gasteiger partial charge in [-0.05, 0) is 51.4 Å². The zero-order chi connectivity index (χ0) is 14.9. The standard InChI is InChI=1S/C17H35N3O/c1-16(2)14-18-7-4-3-5-8-19-9-6-17(15-19)20-10-12-21-13-11-20/h16-18H,3-15H2,1-2H3. The molecular formula is C17H35N3O. The van der Waals surface area contributed by atoms with Crippen LogP contribution in [0.2, 0.25) is 0 Å². The van der Waals surface area contributed by atoms with Gasteiger partial charge in [0.2, 0.25) is 0 Å². The molecule has 4 nitrogen and oxygen atoms in total. The van der Waals surface area contributed by atoms with E-state index in [1.165, 1.54) is 51.9 Å². The van der Waals surface area contributed by atoms with E-state index in [1.807, 2.05) is 0 Å². The lowest BCUT2D eigenvalue weighted by atomic mass is 10.2. The maximum atomic E-state index is 5.45. The molecule has 1 atom stereocenters. The molecule has 21 heavy (non-hydrogen) atoms. The number of likely N-dealkylation sites (tertiary alicyclic amines) is 1. The van der Waals surface area contributed by atoms with E-state index in [-0.39, 0.29) is 0 Å². The number of nitrogens with one attached hydrogen (secondary N) is 1. The maximum Gasteiger partial charge on any atom is 0.0594 e. The molecule has 0 spiro atoms. The molecule has 0 saturated carbocycles. The number of rotatable bonds is 9. The number of nitrogens with zero attached hydrogens (tertiary/aromatic N) is 2. The molecule has 2 heterocycles. The Balaban J connectivity index is 1.46. The summed E-state index contributed by atoms with van der Waals surface area (Å²) in [6.45, 7) is 14.9. The third kappa shape index (κ3) is 6.64. The van der Waals surface area contributed by atoms with Crippen molar-refractivity contribution in [3.05, 3.63) is 0 Å². The maximum absolute atomic E-state index is 5.45. The fourth-order valence-electron chi connectivity index (χ4n) is 3.41. The summed E-state index contributed by atoms with van der Waals surface area (Å²) in [6.07, 6.45) is 5.41. The molecule has 2 fully saturated rings. The Morgan fingerprint density at radius 2 is 1.90 bits per heavy atom. The van der Waals surface area contributed by atoms with Crippen molar-refractivity contribution in [1.29, 1.82) is 0 Å². The van der Waals surface area contributed by atoms with Crippen LogP contribution in [0.15, 0.2) is 0 Å². The summed E-state index contributed by atoms with van der Waals surface area (Å²) in [7, 11) is 0. The van der Waals surface area contributed by atoms with Crippen LogP contribution in [-0.2, 0) is 4.74 Å². The molecular weight excluding hydrogens is 262 g/mol. The first-order chi connectivity index (χ1) is 10.3. The monoisotopic (exact) mass is 297 g/mol. The Hall–Kier alpha value is -0.160. The molecule has 0 aromatic carbocycles. The lowest BCUT2D eigenvalue weighted by Gasteiger charge is -2.32. The molecule has 2 aliphatic heterocycles. The van der Waals surface area contributed by atoms with Crippen molar-refractivity contribution in [3.63, 3.8) is 0 Å². The van der Waals surface area contributed by atoms with Gasteiger partial charge in [0.1, 0.15) is 0 Å². The predicted molar refractivity (Wildman–Crippen MR) is 88.8 cm³/mol. The van der Waals surface area contributed by atoms with E-state index < -0.39 is 0 Å². The lowest BCUT2D eigenvalue weighted by molar-refractivity contribution is 0.0185. The van der Waals surface area contributed by atoms with Gasteiger partial charge in [-0.15, -0.1) is 0 Å². The molecule has 2 aliphatic rings. The van der Waals surface area contributed by atoms with Crippen molar-refractivity contribution >= 4 is 0 Å². The summed E-state index contributed by atoms with van der Waals surface area (Å²) >= 11 is 0. The van der Waals surface area contributed by atoms with Gasteiger partial charge < -0.3 is 15.0 Å². The minimum Gasteiger partial charge on any atom is -0.379 e. The van der Waals surface area contributed by atoms with Crippen LogP contribution in [0.3, 0.4) is 0 Å². The molecule has 0 aromatic heterocycles. The highest BCUT2D eigenvalue weighted by Gasteiger charge is 2.28. The Morgan fingerprint density at radius 1 is 1.10 bits per heavy atom. The van der Waals surface area contributed by atoms with Gasteiger partial charge in [0.05, 0.1) is 13.2 Å². The SMILES string of the molecule is CC(C)CNCCCCCN1CCC(N2CCOCC2)C1. The van der Waals surface area contributed by atoms with E-state index in [9.17, 15) is 0 Å². The van der Waals surface area contributed by atoms with Crippen LogP contribution in [-0.4, -0.2) is 74.9 Å². The van der Waals surface area contributed by atoms with Gasteiger partial charge in [-0.3, -0.25) is 4.90 Å². The molecule has 0 bridgehead atoms. The van der Waals surface area contributed by atoms with E-state index >= 15 is 0 Å². The minimum atomic E-state index is 0.770. The lowest BCUT2D eigenvalue weighted by Crippen LogP contribution is -2.44. The summed E-state index contributed by atoms with van der Waals surface area (Å²) in [5, 5.41) is 3.53. The van der Waals surface area contributed by atoms with Crippen molar-refractivity contribution in [2.24, 2.45) is 5.92 Å². The molecule has 2 rings (SSSR count). The van der Waals surface area contributed by atoms with E-state index in [2.05, 4.69) is 29.0 Å². The van der Waals surface area contributed by atoms with Gasteiger partial charge in [0.25, 0.3) is 0 Å². The van der Waals surface area contributed by atoms with Crippen molar-refractivity contribution in [3.8, 4) is 0 Å². The summed E-state index contributed by atoms with van der Waals surface area (Å²) in [5.41, 5.74) is 0. The van der Waals surface area contributed by atoms with Crippen LogP contribution in [0.4, 0.5) is 0 Å². The van der Waals surface area contributed by atoms with Gasteiger partial charge in [-0.25, -0.2) is 0 Å². The number of morpholine rings is 1. The van der Waals surface area contributed by atoms with E-state index in [1.54, 1.807) is 0 Å². The highest BCUT2D eigenvalue weighted by atomic mass is 16.5. The van der Waals surface area contributed by atoms with Gasteiger partial charge in [0, 0.05) is 25.7 Å².